The van der Waals surface area contributed by atoms with Gasteiger partial charge in [-0.1, -0.05) is 4.89 Å². The number of sulfonamides is 1. The summed E-state index contributed by atoms with van der Waals surface area (Å²) >= 11 is 0. The molecule has 1 atom stereocenters. The van der Waals surface area contributed by atoms with Crippen LogP contribution in [0.4, 0.5) is 0 Å². The average Bonchev–Trinajstić information content (AvgIpc) is 1.87. The Bertz CT molecular complexity index is 234. The van der Waals surface area contributed by atoms with E-state index in [-0.39, 0.29) is 0 Å². The molecule has 0 saturated carbocycles. The second-order valence-corrected chi connectivity index (χ2v) is 3.56. The molecule has 0 bridgehead atoms. The van der Waals surface area contributed by atoms with Crippen molar-refractivity contribution in [3.05, 3.63) is 0 Å². The van der Waals surface area contributed by atoms with Crippen LogP contribution in [0.1, 0.15) is 0 Å². The third-order valence-electron chi connectivity index (χ3n) is 0.855. The van der Waals surface area contributed by atoms with Gasteiger partial charge in [-0.05, 0) is 0 Å². The van der Waals surface area contributed by atoms with Crippen LogP contribution in [0.5, 0.6) is 0 Å². The molecule has 0 aliphatic carbocycles. The largest absolute Gasteiger partial charge is 0.480 e. The first kappa shape index (κ1) is 10.3. The molecule has 0 rings (SSSR count). The maximum absolute atomic E-state index is 10.4. The number of carbonyl (C=O) groups is 1. The van der Waals surface area contributed by atoms with Crippen LogP contribution in [-0.2, 0) is 14.8 Å². The van der Waals surface area contributed by atoms with E-state index in [1.165, 1.54) is 0 Å². The monoisotopic (exact) mass is 184 g/mol. The van der Waals surface area contributed by atoms with Crippen LogP contribution < -0.4 is 10.6 Å². The zero-order valence-corrected chi connectivity index (χ0v) is 6.21. The quantitative estimate of drug-likeness (QED) is 0.364. The second-order valence-electron chi connectivity index (χ2n) is 1.82. The van der Waals surface area contributed by atoms with Crippen LogP contribution in [0.3, 0.4) is 0 Å². The first-order chi connectivity index (χ1) is 4.89. The molecule has 7 nitrogen and oxygen atoms in total. The van der Waals surface area contributed by atoms with Crippen molar-refractivity contribution in [1.82, 2.24) is 4.89 Å². The van der Waals surface area contributed by atoms with Gasteiger partial charge in [-0.25, -0.2) is 8.42 Å². The van der Waals surface area contributed by atoms with E-state index in [0.29, 0.717) is 0 Å². The van der Waals surface area contributed by atoms with Gasteiger partial charge >= 0.3 is 5.97 Å². The number of carboxylic acid groups (broad SMARTS) is 1. The van der Waals surface area contributed by atoms with Crippen molar-refractivity contribution in [2.75, 3.05) is 5.75 Å². The predicted molar refractivity (Wildman–Crippen MR) is 34.3 cm³/mol. The Labute approximate surface area is 62.8 Å². The Morgan fingerprint density at radius 3 is 2.36 bits per heavy atom. The highest BCUT2D eigenvalue weighted by Gasteiger charge is 2.20. The molecule has 11 heavy (non-hydrogen) atoms. The highest BCUT2D eigenvalue weighted by atomic mass is 32.2. The van der Waals surface area contributed by atoms with E-state index in [0.717, 1.165) is 4.89 Å². The lowest BCUT2D eigenvalue weighted by Gasteiger charge is -2.04. The maximum Gasteiger partial charge on any atom is 0.321 e. The van der Waals surface area contributed by atoms with Gasteiger partial charge in [-0.2, -0.15) is 0 Å². The Balaban J connectivity index is 4.16. The van der Waals surface area contributed by atoms with Crippen molar-refractivity contribution in [1.29, 1.82) is 0 Å². The third-order valence-corrected chi connectivity index (χ3v) is 1.93. The van der Waals surface area contributed by atoms with Gasteiger partial charge in [0.1, 0.15) is 6.04 Å². The summed E-state index contributed by atoms with van der Waals surface area (Å²) in [4.78, 5) is 11.0. The highest BCUT2D eigenvalue weighted by Crippen LogP contribution is 1.86. The van der Waals surface area contributed by atoms with Crippen LogP contribution in [-0.4, -0.2) is 36.5 Å². The van der Waals surface area contributed by atoms with Crippen molar-refractivity contribution in [2.45, 2.75) is 6.04 Å². The van der Waals surface area contributed by atoms with Gasteiger partial charge in [-0.15, -0.1) is 0 Å². The summed E-state index contributed by atoms with van der Waals surface area (Å²) in [5.41, 5.74) is 4.85. The lowest BCUT2D eigenvalue weighted by atomic mass is 10.4. The molecule has 0 saturated heterocycles. The molecular weight excluding hydrogens is 176 g/mol. The van der Waals surface area contributed by atoms with Crippen molar-refractivity contribution in [2.24, 2.45) is 5.73 Å². The van der Waals surface area contributed by atoms with Crippen LogP contribution in [0, 0.1) is 0 Å². The molecule has 0 aliphatic heterocycles. The molecule has 0 heterocycles. The standard InChI is InChI=1S/C3H8N2O5S/c4-2(3(6)7)1-11(9,10)5-8/h2,5,8H,1,4H2,(H,6,7)/t2-/m0/s1. The number of carboxylic acids is 1. The number of rotatable bonds is 4. The molecule has 0 fully saturated rings. The summed E-state index contributed by atoms with van der Waals surface area (Å²) < 4.78 is 20.8. The first-order valence-electron chi connectivity index (χ1n) is 2.51. The Kier molecular flexibility index (Phi) is 3.39. The lowest BCUT2D eigenvalue weighted by Crippen LogP contribution is -2.40. The SMILES string of the molecule is N[C@@H](CS(=O)(=O)NO)C(=O)O. The van der Waals surface area contributed by atoms with E-state index in [1.54, 1.807) is 0 Å². The Hall–Kier alpha value is -0.700. The Morgan fingerprint density at radius 1 is 1.64 bits per heavy atom. The van der Waals surface area contributed by atoms with Gasteiger partial charge in [0.05, 0.1) is 5.75 Å². The third kappa shape index (κ3) is 3.88. The fraction of sp³-hybridized carbons (Fsp3) is 0.667. The number of hydrogen-bond donors (Lipinski definition) is 4. The fourth-order valence-electron chi connectivity index (χ4n) is 0.345. The molecule has 0 aromatic carbocycles. The van der Waals surface area contributed by atoms with E-state index < -0.39 is 27.8 Å². The van der Waals surface area contributed by atoms with E-state index >= 15 is 0 Å². The van der Waals surface area contributed by atoms with Gasteiger partial charge in [-0.3, -0.25) is 4.79 Å². The van der Waals surface area contributed by atoms with Crippen molar-refractivity contribution < 1.29 is 23.5 Å². The van der Waals surface area contributed by atoms with Crippen LogP contribution in [0.25, 0.3) is 0 Å². The molecule has 0 radical (unpaired) electrons. The summed E-state index contributed by atoms with van der Waals surface area (Å²) in [6.07, 6.45) is 0. The van der Waals surface area contributed by atoms with Crippen molar-refractivity contribution in [3.8, 4) is 0 Å². The van der Waals surface area contributed by atoms with Gasteiger partial charge in [0.2, 0.25) is 10.0 Å². The van der Waals surface area contributed by atoms with Crippen LogP contribution in [0.2, 0.25) is 0 Å². The molecule has 5 N–H and O–H groups in total. The van der Waals surface area contributed by atoms with E-state index in [4.69, 9.17) is 16.0 Å². The first-order valence-corrected chi connectivity index (χ1v) is 4.16. The summed E-state index contributed by atoms with van der Waals surface area (Å²) in [7, 11) is -3.96. The fourth-order valence-corrected chi connectivity index (χ4v) is 1.03. The Morgan fingerprint density at radius 2 is 2.09 bits per heavy atom. The number of nitrogens with one attached hydrogen (secondary N) is 1. The van der Waals surface area contributed by atoms with Gasteiger partial charge in [0.15, 0.2) is 0 Å². The number of hydrogen-bond acceptors (Lipinski definition) is 5. The molecule has 0 aromatic heterocycles. The topological polar surface area (TPSA) is 130 Å². The normalized spacial score (nSPS) is 14.4. The summed E-state index contributed by atoms with van der Waals surface area (Å²) in [6, 6.07) is -1.53. The van der Waals surface area contributed by atoms with E-state index in [9.17, 15) is 13.2 Å². The highest BCUT2D eigenvalue weighted by molar-refractivity contribution is 7.89. The van der Waals surface area contributed by atoms with E-state index in [2.05, 4.69) is 0 Å². The van der Waals surface area contributed by atoms with Crippen LogP contribution in [0.15, 0.2) is 0 Å². The van der Waals surface area contributed by atoms with Crippen molar-refractivity contribution >= 4 is 16.0 Å². The minimum Gasteiger partial charge on any atom is -0.480 e. The summed E-state index contributed by atoms with van der Waals surface area (Å²) in [5.74, 6) is -2.29. The minimum atomic E-state index is -3.96. The number of nitrogens with two attached hydrogens (primary N) is 1. The summed E-state index contributed by atoms with van der Waals surface area (Å²) in [5, 5.41) is 16.1. The smallest absolute Gasteiger partial charge is 0.321 e. The molecule has 66 valence electrons. The zero-order chi connectivity index (χ0) is 9.07. The minimum absolute atomic E-state index is 0.848. The molecule has 0 aromatic rings. The lowest BCUT2D eigenvalue weighted by molar-refractivity contribution is -0.137. The predicted octanol–water partition coefficient (Wildman–Crippen LogP) is -2.29. The zero-order valence-electron chi connectivity index (χ0n) is 5.39. The van der Waals surface area contributed by atoms with Gasteiger partial charge in [0, 0.05) is 0 Å². The maximum atomic E-state index is 10.4. The molecule has 0 spiro atoms. The van der Waals surface area contributed by atoms with E-state index in [1.807, 2.05) is 0 Å². The summed E-state index contributed by atoms with van der Waals surface area (Å²) in [6.45, 7) is 0. The van der Waals surface area contributed by atoms with Crippen molar-refractivity contribution in [3.63, 3.8) is 0 Å². The van der Waals surface area contributed by atoms with Crippen LogP contribution >= 0.6 is 0 Å². The molecule has 0 unspecified atom stereocenters. The van der Waals surface area contributed by atoms with Gasteiger partial charge < -0.3 is 16.0 Å². The molecule has 0 amide bonds. The second kappa shape index (κ2) is 3.62. The average molecular weight is 184 g/mol. The molecule has 0 aliphatic rings. The molecule has 8 heteroatoms. The van der Waals surface area contributed by atoms with Gasteiger partial charge in [0.25, 0.3) is 0 Å². The molecular formula is C3H8N2O5S. The number of aliphatic carboxylic acids is 1.